The highest BCUT2D eigenvalue weighted by Gasteiger charge is 2.27. The number of nitrogens with one attached hydrogen (secondary N) is 1. The van der Waals surface area contributed by atoms with Crippen LogP contribution in [0.1, 0.15) is 26.2 Å². The van der Waals surface area contributed by atoms with Crippen LogP contribution >= 0.6 is 0 Å². The summed E-state index contributed by atoms with van der Waals surface area (Å²) in [7, 11) is -2.76. The summed E-state index contributed by atoms with van der Waals surface area (Å²) in [6.45, 7) is 4.96. The van der Waals surface area contributed by atoms with Crippen molar-refractivity contribution in [3.63, 3.8) is 0 Å². The predicted octanol–water partition coefficient (Wildman–Crippen LogP) is 0.247. The predicted molar refractivity (Wildman–Crippen MR) is 65.3 cm³/mol. The second kappa shape index (κ2) is 5.02. The van der Waals surface area contributed by atoms with Gasteiger partial charge in [-0.25, -0.2) is 8.42 Å². The maximum absolute atomic E-state index is 11.5. The topological polar surface area (TPSA) is 49.4 Å². The molecule has 0 aliphatic carbocycles. The number of hydrogen-bond donors (Lipinski definition) is 1. The first-order valence-electron chi connectivity index (χ1n) is 6.25. The lowest BCUT2D eigenvalue weighted by Gasteiger charge is -2.36. The molecule has 2 heterocycles. The summed E-state index contributed by atoms with van der Waals surface area (Å²) in [5.41, 5.74) is 0. The van der Waals surface area contributed by atoms with E-state index in [-0.39, 0.29) is 0 Å². The van der Waals surface area contributed by atoms with E-state index >= 15 is 0 Å². The summed E-state index contributed by atoms with van der Waals surface area (Å²) in [5, 5.41) is 3.44. The Morgan fingerprint density at radius 3 is 2.81 bits per heavy atom. The summed E-state index contributed by atoms with van der Waals surface area (Å²) >= 11 is 0. The zero-order chi connectivity index (χ0) is 11.6. The zero-order valence-corrected chi connectivity index (χ0v) is 10.8. The molecule has 0 bridgehead atoms. The number of piperidine rings is 1. The fourth-order valence-corrected chi connectivity index (χ4v) is 4.05. The third-order valence-electron chi connectivity index (χ3n) is 3.70. The molecule has 5 heteroatoms. The van der Waals surface area contributed by atoms with Crippen LogP contribution in [0, 0.1) is 0 Å². The Morgan fingerprint density at radius 1 is 1.25 bits per heavy atom. The highest BCUT2D eigenvalue weighted by atomic mass is 32.2. The van der Waals surface area contributed by atoms with Crippen molar-refractivity contribution in [3.05, 3.63) is 0 Å². The fraction of sp³-hybridized carbons (Fsp3) is 1.00. The van der Waals surface area contributed by atoms with Gasteiger partial charge in [0.25, 0.3) is 0 Å². The second-order valence-electron chi connectivity index (χ2n) is 5.07. The van der Waals surface area contributed by atoms with E-state index < -0.39 is 9.84 Å². The summed E-state index contributed by atoms with van der Waals surface area (Å²) in [6, 6.07) is 1.16. The molecule has 2 rings (SSSR count). The standard InChI is InChI=1S/C11H22N2O2S/c1-10-9-11(3-4-12-10)13-5-2-7-16(14,15)8-6-13/h10-12H,2-9H2,1H3. The molecule has 0 spiro atoms. The molecule has 94 valence electrons. The van der Waals surface area contributed by atoms with Gasteiger partial charge < -0.3 is 5.32 Å². The van der Waals surface area contributed by atoms with Crippen molar-refractivity contribution in [2.24, 2.45) is 0 Å². The van der Waals surface area contributed by atoms with Gasteiger partial charge in [0, 0.05) is 18.6 Å². The average molecular weight is 246 g/mol. The number of hydrogen-bond acceptors (Lipinski definition) is 4. The van der Waals surface area contributed by atoms with E-state index in [1.165, 1.54) is 0 Å². The minimum atomic E-state index is -2.76. The highest BCUT2D eigenvalue weighted by molar-refractivity contribution is 7.91. The Bertz CT molecular complexity index is 329. The van der Waals surface area contributed by atoms with Crippen LogP contribution in [-0.2, 0) is 9.84 Å². The third-order valence-corrected chi connectivity index (χ3v) is 5.42. The van der Waals surface area contributed by atoms with Gasteiger partial charge in [0.15, 0.2) is 9.84 Å². The van der Waals surface area contributed by atoms with E-state index in [4.69, 9.17) is 0 Å². The molecular formula is C11H22N2O2S. The van der Waals surface area contributed by atoms with Gasteiger partial charge in [-0.2, -0.15) is 0 Å². The molecule has 0 aromatic rings. The van der Waals surface area contributed by atoms with Crippen molar-refractivity contribution in [1.29, 1.82) is 0 Å². The molecule has 1 N–H and O–H groups in total. The normalized spacial score (nSPS) is 36.8. The van der Waals surface area contributed by atoms with Gasteiger partial charge >= 0.3 is 0 Å². The van der Waals surface area contributed by atoms with Crippen LogP contribution in [0.3, 0.4) is 0 Å². The molecule has 4 nitrogen and oxygen atoms in total. The largest absolute Gasteiger partial charge is 0.314 e. The maximum Gasteiger partial charge on any atom is 0.151 e. The van der Waals surface area contributed by atoms with E-state index in [1.807, 2.05) is 0 Å². The average Bonchev–Trinajstić information content (AvgIpc) is 2.39. The third kappa shape index (κ3) is 3.18. The molecule has 0 aromatic carbocycles. The Kier molecular flexibility index (Phi) is 3.87. The molecule has 2 fully saturated rings. The Morgan fingerprint density at radius 2 is 2.06 bits per heavy atom. The van der Waals surface area contributed by atoms with Gasteiger partial charge in [0.05, 0.1) is 11.5 Å². The van der Waals surface area contributed by atoms with Crippen molar-refractivity contribution < 1.29 is 8.42 Å². The lowest BCUT2D eigenvalue weighted by Crippen LogP contribution is -2.47. The molecule has 0 saturated carbocycles. The van der Waals surface area contributed by atoms with Crippen LogP contribution in [0.4, 0.5) is 0 Å². The van der Waals surface area contributed by atoms with Crippen molar-refractivity contribution in [2.45, 2.75) is 38.3 Å². The lowest BCUT2D eigenvalue weighted by atomic mass is 9.99. The van der Waals surface area contributed by atoms with Crippen molar-refractivity contribution in [2.75, 3.05) is 31.1 Å². The minimum absolute atomic E-state index is 0.352. The van der Waals surface area contributed by atoms with E-state index in [0.29, 0.717) is 23.6 Å². The minimum Gasteiger partial charge on any atom is -0.314 e. The van der Waals surface area contributed by atoms with Gasteiger partial charge in [-0.3, -0.25) is 4.90 Å². The van der Waals surface area contributed by atoms with Gasteiger partial charge in [-0.1, -0.05) is 0 Å². The molecular weight excluding hydrogens is 224 g/mol. The smallest absolute Gasteiger partial charge is 0.151 e. The highest BCUT2D eigenvalue weighted by Crippen LogP contribution is 2.18. The van der Waals surface area contributed by atoms with Gasteiger partial charge in [0.1, 0.15) is 0 Å². The number of rotatable bonds is 1. The quantitative estimate of drug-likeness (QED) is 0.720. The first-order chi connectivity index (χ1) is 7.57. The van der Waals surface area contributed by atoms with E-state index in [9.17, 15) is 8.42 Å². The summed E-state index contributed by atoms with van der Waals surface area (Å²) in [6.07, 6.45) is 3.12. The monoisotopic (exact) mass is 246 g/mol. The maximum atomic E-state index is 11.5. The van der Waals surface area contributed by atoms with Crippen molar-refractivity contribution in [3.8, 4) is 0 Å². The fourth-order valence-electron chi connectivity index (χ4n) is 2.76. The zero-order valence-electron chi connectivity index (χ0n) is 9.98. The van der Waals surface area contributed by atoms with Crippen LogP contribution in [0.25, 0.3) is 0 Å². The van der Waals surface area contributed by atoms with E-state index in [1.54, 1.807) is 0 Å². The van der Waals surface area contributed by atoms with Gasteiger partial charge in [-0.15, -0.1) is 0 Å². The van der Waals surface area contributed by atoms with Crippen LogP contribution < -0.4 is 5.32 Å². The van der Waals surface area contributed by atoms with E-state index in [0.717, 1.165) is 38.9 Å². The van der Waals surface area contributed by atoms with Crippen molar-refractivity contribution >= 4 is 9.84 Å². The Labute approximate surface area is 98.3 Å². The van der Waals surface area contributed by atoms with Crippen LogP contribution in [0.15, 0.2) is 0 Å². The SMILES string of the molecule is CC1CC(N2CCCS(=O)(=O)CC2)CCN1. The molecule has 0 amide bonds. The first-order valence-corrected chi connectivity index (χ1v) is 8.07. The number of nitrogens with zero attached hydrogens (tertiary/aromatic N) is 1. The molecule has 2 aliphatic heterocycles. The molecule has 0 radical (unpaired) electrons. The lowest BCUT2D eigenvalue weighted by molar-refractivity contribution is 0.157. The first kappa shape index (κ1) is 12.3. The summed E-state index contributed by atoms with van der Waals surface area (Å²) in [4.78, 5) is 2.39. The Hall–Kier alpha value is -0.130. The molecule has 2 saturated heterocycles. The molecule has 2 aliphatic rings. The van der Waals surface area contributed by atoms with E-state index in [2.05, 4.69) is 17.1 Å². The van der Waals surface area contributed by atoms with Gasteiger partial charge in [-0.05, 0) is 39.3 Å². The second-order valence-corrected chi connectivity index (χ2v) is 7.38. The Balaban J connectivity index is 1.94. The van der Waals surface area contributed by atoms with Gasteiger partial charge in [0.2, 0.25) is 0 Å². The summed E-state index contributed by atoms with van der Waals surface area (Å²) < 4.78 is 23.0. The van der Waals surface area contributed by atoms with Crippen LogP contribution in [0.5, 0.6) is 0 Å². The van der Waals surface area contributed by atoms with Crippen LogP contribution in [-0.4, -0.2) is 56.5 Å². The number of sulfone groups is 1. The molecule has 0 aromatic heterocycles. The molecule has 16 heavy (non-hydrogen) atoms. The summed E-state index contributed by atoms with van der Waals surface area (Å²) in [5.74, 6) is 0.731. The molecule has 2 unspecified atom stereocenters. The van der Waals surface area contributed by atoms with Crippen molar-refractivity contribution in [1.82, 2.24) is 10.2 Å². The van der Waals surface area contributed by atoms with Crippen LogP contribution in [0.2, 0.25) is 0 Å². The molecule has 2 atom stereocenters.